The maximum absolute atomic E-state index is 10.1. The van der Waals surface area contributed by atoms with Gasteiger partial charge in [0, 0.05) is 22.5 Å². The number of hydrogen-bond donors (Lipinski definition) is 3. The van der Waals surface area contributed by atoms with Crippen molar-refractivity contribution in [1.29, 1.82) is 0 Å². The summed E-state index contributed by atoms with van der Waals surface area (Å²) >= 11 is 6.09. The minimum Gasteiger partial charge on any atom is -0.369 e. The molecule has 0 saturated heterocycles. The summed E-state index contributed by atoms with van der Waals surface area (Å²) in [7, 11) is 0. The molecule has 3 N–H and O–H groups in total. The number of aliphatic hydroxyl groups excluding tert-OH is 1. The number of aromatic amines is 1. The van der Waals surface area contributed by atoms with E-state index in [2.05, 4.69) is 10.3 Å². The van der Waals surface area contributed by atoms with Crippen molar-refractivity contribution in [3.8, 4) is 0 Å². The van der Waals surface area contributed by atoms with Crippen molar-refractivity contribution < 1.29 is 5.11 Å². The molecule has 19 heavy (non-hydrogen) atoms. The molecule has 0 saturated carbocycles. The lowest BCUT2D eigenvalue weighted by Crippen LogP contribution is -2.12. The Hall–Kier alpha value is -1.71. The molecule has 1 aromatic carbocycles. The van der Waals surface area contributed by atoms with Gasteiger partial charge in [-0.25, -0.2) is 0 Å². The third-order valence-corrected chi connectivity index (χ3v) is 4.04. The average molecular weight is 275 g/mol. The molecule has 0 aliphatic carbocycles. The second kappa shape index (κ2) is 4.44. The van der Waals surface area contributed by atoms with E-state index >= 15 is 0 Å². The SMILES string of the molecule is Cc1c(Cl)[nH]c(/C=C2/c3ccccc3NC2O)c1C. The van der Waals surface area contributed by atoms with Gasteiger partial charge >= 0.3 is 0 Å². The van der Waals surface area contributed by atoms with Crippen molar-refractivity contribution in [3.05, 3.63) is 51.8 Å². The molecule has 2 aromatic rings. The zero-order valence-corrected chi connectivity index (χ0v) is 11.5. The van der Waals surface area contributed by atoms with Crippen LogP contribution in [0.4, 0.5) is 5.69 Å². The Bertz CT molecular complexity index is 673. The van der Waals surface area contributed by atoms with Gasteiger partial charge < -0.3 is 15.4 Å². The first-order valence-electron chi connectivity index (χ1n) is 6.18. The average Bonchev–Trinajstić information content (AvgIpc) is 2.83. The fourth-order valence-corrected chi connectivity index (χ4v) is 2.61. The van der Waals surface area contributed by atoms with Crippen LogP contribution in [-0.4, -0.2) is 16.3 Å². The summed E-state index contributed by atoms with van der Waals surface area (Å²) in [4.78, 5) is 3.14. The zero-order chi connectivity index (χ0) is 13.6. The number of fused-ring (bicyclic) bond motifs is 1. The van der Waals surface area contributed by atoms with Crippen LogP contribution in [0.3, 0.4) is 0 Å². The molecule has 1 aliphatic heterocycles. The lowest BCUT2D eigenvalue weighted by Gasteiger charge is -2.05. The standard InChI is InChI=1S/C15H15ClN2O/c1-8-9(2)14(16)17-13(8)7-11-10-5-3-4-6-12(10)18-15(11)19/h3-7,15,17-19H,1-2H3/b11-7-. The molecule has 0 bridgehead atoms. The van der Waals surface area contributed by atoms with Crippen LogP contribution in [0.25, 0.3) is 11.6 Å². The number of benzene rings is 1. The summed E-state index contributed by atoms with van der Waals surface area (Å²) in [5, 5.41) is 13.8. The van der Waals surface area contributed by atoms with Crippen LogP contribution in [0.1, 0.15) is 22.4 Å². The molecule has 0 fully saturated rings. The molecule has 0 radical (unpaired) electrons. The number of aromatic nitrogens is 1. The van der Waals surface area contributed by atoms with Gasteiger partial charge in [0.2, 0.25) is 0 Å². The smallest absolute Gasteiger partial charge is 0.151 e. The molecule has 2 heterocycles. The van der Waals surface area contributed by atoms with Gasteiger partial charge in [-0.2, -0.15) is 0 Å². The molecule has 1 aliphatic rings. The van der Waals surface area contributed by atoms with E-state index in [0.29, 0.717) is 5.15 Å². The van der Waals surface area contributed by atoms with E-state index < -0.39 is 6.23 Å². The Morgan fingerprint density at radius 1 is 1.21 bits per heavy atom. The van der Waals surface area contributed by atoms with E-state index in [-0.39, 0.29) is 0 Å². The molecule has 0 spiro atoms. The fourth-order valence-electron chi connectivity index (χ4n) is 2.36. The second-order valence-corrected chi connectivity index (χ2v) is 5.17. The van der Waals surface area contributed by atoms with E-state index in [0.717, 1.165) is 33.6 Å². The zero-order valence-electron chi connectivity index (χ0n) is 10.8. The highest BCUT2D eigenvalue weighted by Gasteiger charge is 2.24. The summed E-state index contributed by atoms with van der Waals surface area (Å²) < 4.78 is 0. The number of para-hydroxylation sites is 1. The van der Waals surface area contributed by atoms with Crippen LogP contribution in [0.2, 0.25) is 5.15 Å². The summed E-state index contributed by atoms with van der Waals surface area (Å²) in [6, 6.07) is 7.87. The van der Waals surface area contributed by atoms with Gasteiger partial charge in [0.05, 0.1) is 0 Å². The van der Waals surface area contributed by atoms with Crippen molar-refractivity contribution in [2.45, 2.75) is 20.1 Å². The number of anilines is 1. The highest BCUT2D eigenvalue weighted by Crippen LogP contribution is 2.36. The molecule has 1 atom stereocenters. The molecule has 3 rings (SSSR count). The van der Waals surface area contributed by atoms with Crippen molar-refractivity contribution in [3.63, 3.8) is 0 Å². The molecule has 98 valence electrons. The first kappa shape index (κ1) is 12.3. The molecular weight excluding hydrogens is 260 g/mol. The molecule has 1 aromatic heterocycles. The van der Waals surface area contributed by atoms with Gasteiger partial charge in [0.1, 0.15) is 5.15 Å². The minimum absolute atomic E-state index is 0.651. The fraction of sp³-hybridized carbons (Fsp3) is 0.200. The predicted octanol–water partition coefficient (Wildman–Crippen LogP) is 3.57. The summed E-state index contributed by atoms with van der Waals surface area (Å²) in [6.45, 7) is 4.00. The van der Waals surface area contributed by atoms with Crippen LogP contribution >= 0.6 is 11.6 Å². The van der Waals surface area contributed by atoms with Crippen molar-refractivity contribution in [2.24, 2.45) is 0 Å². The lowest BCUT2D eigenvalue weighted by atomic mass is 10.0. The van der Waals surface area contributed by atoms with Gasteiger partial charge in [-0.05, 0) is 37.1 Å². The summed E-state index contributed by atoms with van der Waals surface area (Å²) in [5.74, 6) is 0. The molecule has 3 nitrogen and oxygen atoms in total. The predicted molar refractivity (Wildman–Crippen MR) is 79.2 cm³/mol. The molecule has 4 heteroatoms. The van der Waals surface area contributed by atoms with E-state index in [4.69, 9.17) is 11.6 Å². The quantitative estimate of drug-likeness (QED) is 0.744. The number of nitrogens with one attached hydrogen (secondary N) is 2. The Kier molecular flexibility index (Phi) is 2.88. The van der Waals surface area contributed by atoms with Gasteiger partial charge in [-0.15, -0.1) is 0 Å². The van der Waals surface area contributed by atoms with Crippen molar-refractivity contribution in [2.75, 3.05) is 5.32 Å². The van der Waals surface area contributed by atoms with Crippen LogP contribution in [0.15, 0.2) is 24.3 Å². The highest BCUT2D eigenvalue weighted by atomic mass is 35.5. The number of aliphatic hydroxyl groups is 1. The lowest BCUT2D eigenvalue weighted by molar-refractivity contribution is 0.266. The van der Waals surface area contributed by atoms with E-state index in [9.17, 15) is 5.11 Å². The topological polar surface area (TPSA) is 48.0 Å². The normalized spacial score (nSPS) is 19.6. The summed E-state index contributed by atoms with van der Waals surface area (Å²) in [6.07, 6.45) is 1.27. The minimum atomic E-state index is -0.681. The van der Waals surface area contributed by atoms with Crippen LogP contribution < -0.4 is 5.32 Å². The third-order valence-electron chi connectivity index (χ3n) is 3.66. The Morgan fingerprint density at radius 2 is 1.95 bits per heavy atom. The van der Waals surface area contributed by atoms with Crippen LogP contribution in [0.5, 0.6) is 0 Å². The van der Waals surface area contributed by atoms with Gasteiger partial charge in [-0.1, -0.05) is 29.8 Å². The maximum Gasteiger partial charge on any atom is 0.151 e. The number of H-pyrrole nitrogens is 1. The van der Waals surface area contributed by atoms with Crippen molar-refractivity contribution >= 4 is 28.9 Å². The van der Waals surface area contributed by atoms with Gasteiger partial charge in [0.15, 0.2) is 6.23 Å². The summed E-state index contributed by atoms with van der Waals surface area (Å²) in [5.41, 5.74) is 5.93. The first-order valence-corrected chi connectivity index (χ1v) is 6.56. The van der Waals surface area contributed by atoms with E-state index in [1.807, 2.05) is 44.2 Å². The monoisotopic (exact) mass is 274 g/mol. The van der Waals surface area contributed by atoms with Crippen molar-refractivity contribution in [1.82, 2.24) is 4.98 Å². The van der Waals surface area contributed by atoms with Crippen LogP contribution in [0, 0.1) is 13.8 Å². The Labute approximate surface area is 116 Å². The molecule has 1 unspecified atom stereocenters. The molecular formula is C15H15ClN2O. The van der Waals surface area contributed by atoms with E-state index in [1.165, 1.54) is 0 Å². The van der Waals surface area contributed by atoms with Gasteiger partial charge in [-0.3, -0.25) is 0 Å². The second-order valence-electron chi connectivity index (χ2n) is 4.79. The third kappa shape index (κ3) is 1.95. The first-order chi connectivity index (χ1) is 9.08. The van der Waals surface area contributed by atoms with Crippen LogP contribution in [-0.2, 0) is 0 Å². The Balaban J connectivity index is 2.11. The Morgan fingerprint density at radius 3 is 2.63 bits per heavy atom. The maximum atomic E-state index is 10.1. The highest BCUT2D eigenvalue weighted by molar-refractivity contribution is 6.30. The molecule has 0 amide bonds. The largest absolute Gasteiger partial charge is 0.369 e. The number of hydrogen-bond acceptors (Lipinski definition) is 2. The van der Waals surface area contributed by atoms with Gasteiger partial charge in [0.25, 0.3) is 0 Å². The number of rotatable bonds is 1. The number of halogens is 1. The van der Waals surface area contributed by atoms with E-state index in [1.54, 1.807) is 0 Å².